The average molecular weight is 522 g/mol. The second kappa shape index (κ2) is 13.2. The van der Waals surface area contributed by atoms with Gasteiger partial charge in [0.15, 0.2) is 0 Å². The van der Waals surface area contributed by atoms with Gasteiger partial charge in [0.2, 0.25) is 21.8 Å². The smallest absolute Gasteiger partial charge is 0.243 e. The summed E-state index contributed by atoms with van der Waals surface area (Å²) < 4.78 is 44.6. The standard InChI is InChI=1S/C26H36FN3O5S/c1-6-24(26(32)28-19(2)3)29(18-20-9-11-21(27)12-10-20)25(31)8-7-17-30(36(5,33)34)22-13-15-23(35-4)16-14-22/h9-16,19,24H,6-8,17-18H2,1-5H3,(H,28,32). The van der Waals surface area contributed by atoms with Crippen LogP contribution >= 0.6 is 0 Å². The molecule has 2 aromatic rings. The topological polar surface area (TPSA) is 96.0 Å². The van der Waals surface area contributed by atoms with E-state index in [-0.39, 0.29) is 49.6 Å². The summed E-state index contributed by atoms with van der Waals surface area (Å²) in [6, 6.07) is 11.6. The van der Waals surface area contributed by atoms with Gasteiger partial charge in [-0.1, -0.05) is 19.1 Å². The molecule has 2 aromatic carbocycles. The zero-order valence-electron chi connectivity index (χ0n) is 21.5. The van der Waals surface area contributed by atoms with Gasteiger partial charge in [-0.3, -0.25) is 13.9 Å². The van der Waals surface area contributed by atoms with Crippen molar-refractivity contribution in [3.05, 3.63) is 59.9 Å². The number of ether oxygens (including phenoxy) is 1. The molecule has 0 fully saturated rings. The quantitative estimate of drug-likeness (QED) is 0.434. The Morgan fingerprint density at radius 3 is 2.17 bits per heavy atom. The van der Waals surface area contributed by atoms with Gasteiger partial charge in [0.1, 0.15) is 17.6 Å². The molecule has 10 heteroatoms. The third-order valence-corrected chi connectivity index (χ3v) is 6.79. The van der Waals surface area contributed by atoms with E-state index in [2.05, 4.69) is 5.32 Å². The summed E-state index contributed by atoms with van der Waals surface area (Å²) in [5.74, 6) is -0.336. The Hall–Kier alpha value is -3.14. The lowest BCUT2D eigenvalue weighted by molar-refractivity contribution is -0.141. The number of carbonyl (C=O) groups excluding carboxylic acids is 2. The van der Waals surface area contributed by atoms with Gasteiger partial charge in [0.05, 0.1) is 19.1 Å². The molecule has 0 bridgehead atoms. The van der Waals surface area contributed by atoms with Crippen LogP contribution < -0.4 is 14.4 Å². The number of nitrogens with one attached hydrogen (secondary N) is 1. The van der Waals surface area contributed by atoms with E-state index in [9.17, 15) is 22.4 Å². The van der Waals surface area contributed by atoms with Gasteiger partial charge >= 0.3 is 0 Å². The molecule has 0 aliphatic carbocycles. The summed E-state index contributed by atoms with van der Waals surface area (Å²) in [7, 11) is -2.06. The number of anilines is 1. The molecule has 0 saturated heterocycles. The molecule has 36 heavy (non-hydrogen) atoms. The number of rotatable bonds is 13. The first-order valence-electron chi connectivity index (χ1n) is 11.9. The van der Waals surface area contributed by atoms with Gasteiger partial charge in [0, 0.05) is 25.6 Å². The minimum atomic E-state index is -3.59. The van der Waals surface area contributed by atoms with Gasteiger partial charge in [-0.05, 0) is 68.7 Å². The summed E-state index contributed by atoms with van der Waals surface area (Å²) in [4.78, 5) is 27.7. The fourth-order valence-corrected chi connectivity index (χ4v) is 4.80. The van der Waals surface area contributed by atoms with Crippen LogP contribution in [0.1, 0.15) is 45.6 Å². The fourth-order valence-electron chi connectivity index (χ4n) is 3.84. The van der Waals surface area contributed by atoms with Crippen molar-refractivity contribution < 1.29 is 27.1 Å². The molecule has 1 unspecified atom stereocenters. The maximum absolute atomic E-state index is 13.4. The SMILES string of the molecule is CCC(C(=O)NC(C)C)N(Cc1ccc(F)cc1)C(=O)CCCN(c1ccc(OC)cc1)S(C)(=O)=O. The summed E-state index contributed by atoms with van der Waals surface area (Å²) >= 11 is 0. The minimum absolute atomic E-state index is 0.0365. The monoisotopic (exact) mass is 521 g/mol. The van der Waals surface area contributed by atoms with E-state index in [0.717, 1.165) is 6.26 Å². The molecule has 2 rings (SSSR count). The second-order valence-corrected chi connectivity index (χ2v) is 10.8. The molecule has 0 aliphatic heterocycles. The Balaban J connectivity index is 2.20. The molecule has 1 N–H and O–H groups in total. The molecule has 0 radical (unpaired) electrons. The van der Waals surface area contributed by atoms with Crippen LogP contribution in [0, 0.1) is 5.82 Å². The van der Waals surface area contributed by atoms with Crippen LogP contribution in [-0.4, -0.2) is 57.1 Å². The van der Waals surface area contributed by atoms with Crippen LogP contribution in [0.4, 0.5) is 10.1 Å². The Morgan fingerprint density at radius 1 is 1.06 bits per heavy atom. The van der Waals surface area contributed by atoms with Gasteiger partial charge in [-0.15, -0.1) is 0 Å². The van der Waals surface area contributed by atoms with Crippen molar-refractivity contribution >= 4 is 27.5 Å². The normalized spacial score (nSPS) is 12.2. The number of sulfonamides is 1. The molecule has 0 heterocycles. The van der Waals surface area contributed by atoms with E-state index < -0.39 is 16.1 Å². The second-order valence-electron chi connectivity index (χ2n) is 8.87. The summed E-state index contributed by atoms with van der Waals surface area (Å²) in [6.07, 6.45) is 1.80. The highest BCUT2D eigenvalue weighted by molar-refractivity contribution is 7.92. The van der Waals surface area contributed by atoms with E-state index in [4.69, 9.17) is 4.74 Å². The Kier molecular flexibility index (Phi) is 10.7. The largest absolute Gasteiger partial charge is 0.497 e. The first-order chi connectivity index (χ1) is 17.0. The molecule has 0 saturated carbocycles. The molecule has 2 amide bonds. The minimum Gasteiger partial charge on any atom is -0.497 e. The average Bonchev–Trinajstić information content (AvgIpc) is 2.81. The van der Waals surface area contributed by atoms with Crippen molar-refractivity contribution in [3.63, 3.8) is 0 Å². The Labute approximate surface area is 213 Å². The zero-order valence-corrected chi connectivity index (χ0v) is 22.3. The van der Waals surface area contributed by atoms with Crippen LogP contribution in [0.15, 0.2) is 48.5 Å². The number of carbonyl (C=O) groups is 2. The van der Waals surface area contributed by atoms with Crippen molar-refractivity contribution in [2.24, 2.45) is 0 Å². The lowest BCUT2D eigenvalue weighted by atomic mass is 10.1. The van der Waals surface area contributed by atoms with Crippen LogP contribution in [-0.2, 0) is 26.2 Å². The van der Waals surface area contributed by atoms with Gasteiger partial charge in [-0.25, -0.2) is 12.8 Å². The van der Waals surface area contributed by atoms with Crippen molar-refractivity contribution in [1.29, 1.82) is 0 Å². The molecule has 0 spiro atoms. The van der Waals surface area contributed by atoms with Gasteiger partial charge in [0.25, 0.3) is 0 Å². The first kappa shape index (κ1) is 29.1. The van der Waals surface area contributed by atoms with Crippen LogP contribution in [0.3, 0.4) is 0 Å². The zero-order chi connectivity index (χ0) is 26.9. The van der Waals surface area contributed by atoms with E-state index in [0.29, 0.717) is 23.4 Å². The fraction of sp³-hybridized carbons (Fsp3) is 0.462. The highest BCUT2D eigenvalue weighted by Crippen LogP contribution is 2.22. The highest BCUT2D eigenvalue weighted by Gasteiger charge is 2.29. The van der Waals surface area contributed by atoms with Crippen molar-refractivity contribution in [3.8, 4) is 5.75 Å². The molecule has 1 atom stereocenters. The lowest BCUT2D eigenvalue weighted by Crippen LogP contribution is -2.50. The molecule has 0 aliphatic rings. The third-order valence-electron chi connectivity index (χ3n) is 5.60. The first-order valence-corrected chi connectivity index (χ1v) is 13.8. The number of amides is 2. The molecule has 198 valence electrons. The van der Waals surface area contributed by atoms with E-state index >= 15 is 0 Å². The predicted octanol–water partition coefficient (Wildman–Crippen LogP) is 3.71. The number of halogens is 1. The molecule has 8 nitrogen and oxygen atoms in total. The lowest BCUT2D eigenvalue weighted by Gasteiger charge is -2.31. The molecular weight excluding hydrogens is 485 g/mol. The maximum Gasteiger partial charge on any atom is 0.243 e. The van der Waals surface area contributed by atoms with Crippen LogP contribution in [0.2, 0.25) is 0 Å². The van der Waals surface area contributed by atoms with Gasteiger partial charge in [-0.2, -0.15) is 0 Å². The number of benzene rings is 2. The third kappa shape index (κ3) is 8.51. The van der Waals surface area contributed by atoms with E-state index in [1.807, 2.05) is 20.8 Å². The maximum atomic E-state index is 13.4. The Morgan fingerprint density at radius 2 is 1.67 bits per heavy atom. The summed E-state index contributed by atoms with van der Waals surface area (Å²) in [5.41, 5.74) is 1.16. The summed E-state index contributed by atoms with van der Waals surface area (Å²) in [5, 5.41) is 2.86. The highest BCUT2D eigenvalue weighted by atomic mass is 32.2. The van der Waals surface area contributed by atoms with Crippen LogP contribution in [0.25, 0.3) is 0 Å². The van der Waals surface area contributed by atoms with E-state index in [1.54, 1.807) is 36.4 Å². The van der Waals surface area contributed by atoms with Crippen molar-refractivity contribution in [2.75, 3.05) is 24.2 Å². The summed E-state index contributed by atoms with van der Waals surface area (Å²) in [6.45, 7) is 5.74. The number of methoxy groups -OCH3 is 1. The van der Waals surface area contributed by atoms with E-state index in [1.165, 1.54) is 28.4 Å². The predicted molar refractivity (Wildman–Crippen MR) is 139 cm³/mol. The van der Waals surface area contributed by atoms with Crippen LogP contribution in [0.5, 0.6) is 5.75 Å². The Bertz CT molecular complexity index is 1110. The van der Waals surface area contributed by atoms with Crippen molar-refractivity contribution in [1.82, 2.24) is 10.2 Å². The molecule has 0 aromatic heterocycles. The number of nitrogens with zero attached hydrogens (tertiary/aromatic N) is 2. The van der Waals surface area contributed by atoms with Crippen molar-refractivity contribution in [2.45, 2.75) is 58.7 Å². The number of hydrogen-bond acceptors (Lipinski definition) is 5. The van der Waals surface area contributed by atoms with Gasteiger partial charge < -0.3 is 15.0 Å². The number of hydrogen-bond donors (Lipinski definition) is 1. The molecular formula is C26H36FN3O5S.